The highest BCUT2D eigenvalue weighted by molar-refractivity contribution is 5.91. The molecule has 0 spiro atoms. The van der Waals surface area contributed by atoms with Crippen molar-refractivity contribution in [1.29, 1.82) is 0 Å². The molecule has 60 valence electrons. The summed E-state index contributed by atoms with van der Waals surface area (Å²) in [6.45, 7) is 5.44. The number of aromatic carboxylic acids is 1. The van der Waals surface area contributed by atoms with E-state index in [0.29, 0.717) is 5.56 Å². The van der Waals surface area contributed by atoms with Crippen LogP contribution in [-0.4, -0.2) is 16.1 Å². The molecule has 0 unspecified atom stereocenters. The van der Waals surface area contributed by atoms with Crippen molar-refractivity contribution < 1.29 is 9.90 Å². The fourth-order valence-electron chi connectivity index (χ4n) is 1.23. The van der Waals surface area contributed by atoms with Gasteiger partial charge in [0.05, 0.1) is 5.56 Å². The van der Waals surface area contributed by atoms with E-state index in [1.165, 1.54) is 0 Å². The van der Waals surface area contributed by atoms with Crippen molar-refractivity contribution in [2.24, 2.45) is 0 Å². The average Bonchev–Trinajstić information content (AvgIpc) is 2.07. The fraction of sp³-hybridized carbons (Fsp3) is 0.375. The summed E-state index contributed by atoms with van der Waals surface area (Å²) in [5.41, 5.74) is 2.89. The van der Waals surface area contributed by atoms with Crippen LogP contribution in [0.1, 0.15) is 27.3 Å². The molecule has 2 N–H and O–H groups in total. The Bertz CT molecular complexity index is 299. The number of carbonyl (C=O) groups is 1. The van der Waals surface area contributed by atoms with Gasteiger partial charge in [-0.05, 0) is 26.3 Å². The second kappa shape index (κ2) is 2.42. The summed E-state index contributed by atoms with van der Waals surface area (Å²) < 4.78 is 0. The standard InChI is InChI=1S/C8H11NO2/c1-4-5(2)9-6(3)7(4)8(10)11/h9H,1-3H3,(H,10,11). The van der Waals surface area contributed by atoms with Gasteiger partial charge in [0.25, 0.3) is 0 Å². The molecule has 3 nitrogen and oxygen atoms in total. The van der Waals surface area contributed by atoms with Crippen molar-refractivity contribution in [2.75, 3.05) is 0 Å². The van der Waals surface area contributed by atoms with E-state index in [2.05, 4.69) is 4.98 Å². The molecule has 1 heterocycles. The zero-order valence-electron chi connectivity index (χ0n) is 6.86. The molecule has 0 amide bonds. The van der Waals surface area contributed by atoms with Gasteiger partial charge >= 0.3 is 5.97 Å². The van der Waals surface area contributed by atoms with E-state index in [1.807, 2.05) is 13.8 Å². The Balaban J connectivity index is 3.34. The van der Waals surface area contributed by atoms with Crippen molar-refractivity contribution >= 4 is 5.97 Å². The van der Waals surface area contributed by atoms with E-state index in [-0.39, 0.29) is 0 Å². The van der Waals surface area contributed by atoms with E-state index in [9.17, 15) is 4.79 Å². The Morgan fingerprint density at radius 1 is 1.27 bits per heavy atom. The summed E-state index contributed by atoms with van der Waals surface area (Å²) in [4.78, 5) is 13.6. The molecule has 1 rings (SSSR count). The molecule has 3 heteroatoms. The molecule has 0 bridgehead atoms. The molecule has 0 saturated carbocycles. The van der Waals surface area contributed by atoms with E-state index in [1.54, 1.807) is 6.92 Å². The maximum Gasteiger partial charge on any atom is 0.337 e. The van der Waals surface area contributed by atoms with Gasteiger partial charge in [-0.1, -0.05) is 0 Å². The minimum Gasteiger partial charge on any atom is -0.478 e. The highest BCUT2D eigenvalue weighted by Gasteiger charge is 2.14. The van der Waals surface area contributed by atoms with E-state index in [0.717, 1.165) is 17.0 Å². The van der Waals surface area contributed by atoms with Gasteiger partial charge in [0.2, 0.25) is 0 Å². The number of carboxylic acids is 1. The van der Waals surface area contributed by atoms with Crippen LogP contribution in [0.25, 0.3) is 0 Å². The summed E-state index contributed by atoms with van der Waals surface area (Å²) in [5, 5.41) is 8.74. The van der Waals surface area contributed by atoms with Crippen LogP contribution in [0.5, 0.6) is 0 Å². The smallest absolute Gasteiger partial charge is 0.337 e. The normalized spacial score (nSPS) is 10.1. The second-order valence-electron chi connectivity index (χ2n) is 2.68. The van der Waals surface area contributed by atoms with E-state index >= 15 is 0 Å². The Hall–Kier alpha value is -1.25. The molecule has 1 aromatic heterocycles. The van der Waals surface area contributed by atoms with Gasteiger partial charge in [0, 0.05) is 11.4 Å². The molecule has 0 fully saturated rings. The Labute approximate surface area is 65.1 Å². The molecule has 0 radical (unpaired) electrons. The first kappa shape index (κ1) is 7.85. The third-order valence-corrected chi connectivity index (χ3v) is 1.90. The number of hydrogen-bond donors (Lipinski definition) is 2. The molecule has 0 aliphatic rings. The third kappa shape index (κ3) is 1.13. The number of aromatic amines is 1. The number of rotatable bonds is 1. The molecule has 0 aromatic carbocycles. The minimum absolute atomic E-state index is 0.405. The fourth-order valence-corrected chi connectivity index (χ4v) is 1.23. The number of hydrogen-bond acceptors (Lipinski definition) is 1. The lowest BCUT2D eigenvalue weighted by atomic mass is 10.1. The van der Waals surface area contributed by atoms with Crippen LogP contribution < -0.4 is 0 Å². The average molecular weight is 153 g/mol. The van der Waals surface area contributed by atoms with Gasteiger partial charge < -0.3 is 10.1 Å². The lowest BCUT2D eigenvalue weighted by Crippen LogP contribution is -1.98. The number of nitrogens with one attached hydrogen (secondary N) is 1. The number of aryl methyl sites for hydroxylation is 2. The highest BCUT2D eigenvalue weighted by Crippen LogP contribution is 2.16. The third-order valence-electron chi connectivity index (χ3n) is 1.90. The van der Waals surface area contributed by atoms with Crippen LogP contribution in [0.3, 0.4) is 0 Å². The zero-order chi connectivity index (χ0) is 8.59. The topological polar surface area (TPSA) is 53.1 Å². The Morgan fingerprint density at radius 3 is 2.00 bits per heavy atom. The summed E-state index contributed by atoms with van der Waals surface area (Å²) in [6, 6.07) is 0. The second-order valence-corrected chi connectivity index (χ2v) is 2.68. The number of H-pyrrole nitrogens is 1. The van der Waals surface area contributed by atoms with Gasteiger partial charge in [0.1, 0.15) is 0 Å². The van der Waals surface area contributed by atoms with E-state index in [4.69, 9.17) is 5.11 Å². The van der Waals surface area contributed by atoms with Crippen molar-refractivity contribution in [2.45, 2.75) is 20.8 Å². The molecule has 1 aromatic rings. The summed E-state index contributed by atoms with van der Waals surface area (Å²) in [7, 11) is 0. The lowest BCUT2D eigenvalue weighted by Gasteiger charge is -1.92. The van der Waals surface area contributed by atoms with Crippen LogP contribution >= 0.6 is 0 Å². The van der Waals surface area contributed by atoms with Crippen molar-refractivity contribution in [1.82, 2.24) is 4.98 Å². The molecule has 0 aliphatic carbocycles. The van der Waals surface area contributed by atoms with Gasteiger partial charge in [-0.2, -0.15) is 0 Å². The van der Waals surface area contributed by atoms with Crippen LogP contribution in [-0.2, 0) is 0 Å². The summed E-state index contributed by atoms with van der Waals surface area (Å²) in [5.74, 6) is -0.857. The Kier molecular flexibility index (Phi) is 1.72. The molecule has 0 aliphatic heterocycles. The van der Waals surface area contributed by atoms with Crippen molar-refractivity contribution in [3.63, 3.8) is 0 Å². The maximum absolute atomic E-state index is 10.6. The van der Waals surface area contributed by atoms with Crippen LogP contribution in [0.4, 0.5) is 0 Å². The minimum atomic E-state index is -0.857. The van der Waals surface area contributed by atoms with Gasteiger partial charge in [-0.15, -0.1) is 0 Å². The van der Waals surface area contributed by atoms with Gasteiger partial charge in [0.15, 0.2) is 0 Å². The molecular formula is C8H11NO2. The monoisotopic (exact) mass is 153 g/mol. The highest BCUT2D eigenvalue weighted by atomic mass is 16.4. The SMILES string of the molecule is Cc1[nH]c(C)c(C(=O)O)c1C. The van der Waals surface area contributed by atoms with Crippen LogP contribution in [0, 0.1) is 20.8 Å². The first-order valence-electron chi connectivity index (χ1n) is 3.43. The van der Waals surface area contributed by atoms with Crippen LogP contribution in [0.2, 0.25) is 0 Å². The zero-order valence-corrected chi connectivity index (χ0v) is 6.86. The largest absolute Gasteiger partial charge is 0.478 e. The molecule has 0 atom stereocenters. The summed E-state index contributed by atoms with van der Waals surface area (Å²) in [6.07, 6.45) is 0. The molecule has 0 saturated heterocycles. The number of aromatic nitrogens is 1. The first-order valence-corrected chi connectivity index (χ1v) is 3.43. The molecular weight excluding hydrogens is 142 g/mol. The Morgan fingerprint density at radius 2 is 1.82 bits per heavy atom. The number of carboxylic acid groups (broad SMARTS) is 1. The van der Waals surface area contributed by atoms with Gasteiger partial charge in [-0.3, -0.25) is 0 Å². The van der Waals surface area contributed by atoms with Gasteiger partial charge in [-0.25, -0.2) is 4.79 Å². The van der Waals surface area contributed by atoms with Crippen molar-refractivity contribution in [3.8, 4) is 0 Å². The summed E-state index contributed by atoms with van der Waals surface area (Å²) >= 11 is 0. The van der Waals surface area contributed by atoms with Crippen molar-refractivity contribution in [3.05, 3.63) is 22.5 Å². The predicted molar refractivity (Wildman–Crippen MR) is 42.0 cm³/mol. The maximum atomic E-state index is 10.6. The van der Waals surface area contributed by atoms with E-state index < -0.39 is 5.97 Å². The van der Waals surface area contributed by atoms with Crippen LogP contribution in [0.15, 0.2) is 0 Å². The first-order chi connectivity index (χ1) is 5.04. The predicted octanol–water partition coefficient (Wildman–Crippen LogP) is 1.64. The quantitative estimate of drug-likeness (QED) is 0.644. The lowest BCUT2D eigenvalue weighted by molar-refractivity contribution is 0.0695. The molecule has 11 heavy (non-hydrogen) atoms.